The summed E-state index contributed by atoms with van der Waals surface area (Å²) in [5, 5.41) is 2.79. The zero-order chi connectivity index (χ0) is 18.4. The quantitative estimate of drug-likeness (QED) is 0.810. The summed E-state index contributed by atoms with van der Waals surface area (Å²) >= 11 is 0. The number of rotatable bonds is 6. The highest BCUT2D eigenvalue weighted by molar-refractivity contribution is 5.96. The summed E-state index contributed by atoms with van der Waals surface area (Å²) in [4.78, 5) is 24.1. The smallest absolute Gasteiger partial charge is 0.337 e. The molecule has 0 aliphatic rings. The minimum atomic E-state index is -0.622. The van der Waals surface area contributed by atoms with E-state index in [0.29, 0.717) is 23.4 Å². The van der Waals surface area contributed by atoms with Crippen molar-refractivity contribution in [1.82, 2.24) is 0 Å². The number of methoxy groups -OCH3 is 1. The van der Waals surface area contributed by atoms with E-state index in [9.17, 15) is 9.59 Å². The molecule has 1 N–H and O–H groups in total. The normalized spacial score (nSPS) is 11.5. The number of anilines is 1. The van der Waals surface area contributed by atoms with Gasteiger partial charge in [0.05, 0.1) is 12.7 Å². The number of carbonyl (C=O) groups excluding carboxylic acids is 2. The van der Waals surface area contributed by atoms with Gasteiger partial charge >= 0.3 is 5.97 Å². The number of aryl methyl sites for hydroxylation is 2. The number of esters is 1. The van der Waals surface area contributed by atoms with Gasteiger partial charge in [0, 0.05) is 5.69 Å². The van der Waals surface area contributed by atoms with Gasteiger partial charge in [-0.2, -0.15) is 0 Å². The molecule has 0 aliphatic heterocycles. The Hall–Kier alpha value is -2.82. The van der Waals surface area contributed by atoms with Crippen LogP contribution in [0.25, 0.3) is 0 Å². The number of amides is 1. The lowest BCUT2D eigenvalue weighted by atomic mass is 10.1. The molecule has 0 saturated heterocycles. The number of hydrogen-bond acceptors (Lipinski definition) is 4. The topological polar surface area (TPSA) is 64.6 Å². The largest absolute Gasteiger partial charge is 0.481 e. The third-order valence-corrected chi connectivity index (χ3v) is 3.69. The van der Waals surface area contributed by atoms with Gasteiger partial charge in [-0.05, 0) is 61.7 Å². The van der Waals surface area contributed by atoms with Crippen LogP contribution in [0.1, 0.15) is 34.8 Å². The Bertz CT molecular complexity index is 750. The molecule has 1 amide bonds. The molecule has 1 atom stereocenters. The Morgan fingerprint density at radius 3 is 2.36 bits per heavy atom. The van der Waals surface area contributed by atoms with Crippen molar-refractivity contribution < 1.29 is 19.1 Å². The van der Waals surface area contributed by atoms with Crippen molar-refractivity contribution in [3.05, 3.63) is 59.2 Å². The number of benzene rings is 2. The second-order valence-corrected chi connectivity index (χ2v) is 5.90. The monoisotopic (exact) mass is 341 g/mol. The molecule has 2 aromatic rings. The van der Waals surface area contributed by atoms with Crippen LogP contribution >= 0.6 is 0 Å². The fourth-order valence-electron chi connectivity index (χ4n) is 2.55. The van der Waals surface area contributed by atoms with Crippen LogP contribution in [0.2, 0.25) is 0 Å². The van der Waals surface area contributed by atoms with E-state index in [2.05, 4.69) is 10.1 Å². The first kappa shape index (κ1) is 18.5. The molecule has 25 heavy (non-hydrogen) atoms. The van der Waals surface area contributed by atoms with Crippen molar-refractivity contribution >= 4 is 17.6 Å². The number of ether oxygens (including phenoxy) is 2. The van der Waals surface area contributed by atoms with E-state index >= 15 is 0 Å². The van der Waals surface area contributed by atoms with Crippen LogP contribution < -0.4 is 10.1 Å². The van der Waals surface area contributed by atoms with Crippen LogP contribution in [-0.2, 0) is 9.53 Å². The average Bonchev–Trinajstić information content (AvgIpc) is 2.58. The molecule has 0 radical (unpaired) electrons. The molecule has 0 aromatic heterocycles. The standard InChI is InChI=1S/C20H23NO4/c1-5-18(25-17-10-13(2)9-14(3)11-17)19(22)21-16-8-6-7-15(12-16)20(23)24-4/h6-12,18H,5H2,1-4H3,(H,21,22). The van der Waals surface area contributed by atoms with Gasteiger partial charge in [-0.15, -0.1) is 0 Å². The molecule has 0 heterocycles. The van der Waals surface area contributed by atoms with Crippen molar-refractivity contribution in [2.24, 2.45) is 0 Å². The van der Waals surface area contributed by atoms with Gasteiger partial charge in [0.2, 0.25) is 0 Å². The fourth-order valence-corrected chi connectivity index (χ4v) is 2.55. The molecule has 2 rings (SSSR count). The van der Waals surface area contributed by atoms with Gasteiger partial charge < -0.3 is 14.8 Å². The first-order valence-corrected chi connectivity index (χ1v) is 8.17. The van der Waals surface area contributed by atoms with Crippen LogP contribution in [0, 0.1) is 13.8 Å². The first-order valence-electron chi connectivity index (χ1n) is 8.17. The van der Waals surface area contributed by atoms with Gasteiger partial charge in [0.25, 0.3) is 5.91 Å². The second kappa shape index (κ2) is 8.33. The van der Waals surface area contributed by atoms with E-state index in [1.54, 1.807) is 24.3 Å². The number of hydrogen-bond donors (Lipinski definition) is 1. The van der Waals surface area contributed by atoms with E-state index in [0.717, 1.165) is 11.1 Å². The highest BCUT2D eigenvalue weighted by Crippen LogP contribution is 2.19. The summed E-state index contributed by atoms with van der Waals surface area (Å²) in [7, 11) is 1.32. The van der Waals surface area contributed by atoms with Gasteiger partial charge in [-0.1, -0.05) is 19.1 Å². The van der Waals surface area contributed by atoms with Crippen LogP contribution in [0.15, 0.2) is 42.5 Å². The molecule has 0 fully saturated rings. The SMILES string of the molecule is CCC(Oc1cc(C)cc(C)c1)C(=O)Nc1cccc(C(=O)OC)c1. The van der Waals surface area contributed by atoms with Crippen molar-refractivity contribution in [1.29, 1.82) is 0 Å². The molecular weight excluding hydrogens is 318 g/mol. The van der Waals surface area contributed by atoms with Crippen LogP contribution in [0.4, 0.5) is 5.69 Å². The molecule has 0 aliphatic carbocycles. The van der Waals surface area contributed by atoms with Crippen molar-refractivity contribution in [3.63, 3.8) is 0 Å². The molecular formula is C20H23NO4. The van der Waals surface area contributed by atoms with E-state index in [1.165, 1.54) is 7.11 Å². The summed E-state index contributed by atoms with van der Waals surface area (Å²) < 4.78 is 10.5. The maximum atomic E-state index is 12.5. The summed E-state index contributed by atoms with van der Waals surface area (Å²) in [5.74, 6) is -0.0406. The second-order valence-electron chi connectivity index (χ2n) is 5.90. The number of nitrogens with one attached hydrogen (secondary N) is 1. The Labute approximate surface area is 148 Å². The molecule has 132 valence electrons. The summed E-state index contributed by atoms with van der Waals surface area (Å²) in [6.07, 6.45) is -0.0989. The summed E-state index contributed by atoms with van der Waals surface area (Å²) in [6.45, 7) is 5.86. The third kappa shape index (κ3) is 5.08. The Kier molecular flexibility index (Phi) is 6.17. The van der Waals surface area contributed by atoms with Gasteiger partial charge in [-0.3, -0.25) is 4.79 Å². The van der Waals surface area contributed by atoms with Crippen LogP contribution in [-0.4, -0.2) is 25.1 Å². The molecule has 2 aromatic carbocycles. The minimum absolute atomic E-state index is 0.260. The average molecular weight is 341 g/mol. The van der Waals surface area contributed by atoms with E-state index in [-0.39, 0.29) is 5.91 Å². The Balaban J connectivity index is 2.10. The predicted molar refractivity (Wildman–Crippen MR) is 97.0 cm³/mol. The Morgan fingerprint density at radius 1 is 1.08 bits per heavy atom. The van der Waals surface area contributed by atoms with Gasteiger partial charge in [0.15, 0.2) is 6.10 Å². The zero-order valence-corrected chi connectivity index (χ0v) is 15.0. The molecule has 5 heteroatoms. The Morgan fingerprint density at radius 2 is 1.76 bits per heavy atom. The van der Waals surface area contributed by atoms with E-state index < -0.39 is 12.1 Å². The van der Waals surface area contributed by atoms with Gasteiger partial charge in [0.1, 0.15) is 5.75 Å². The maximum Gasteiger partial charge on any atom is 0.337 e. The third-order valence-electron chi connectivity index (χ3n) is 3.69. The molecule has 5 nitrogen and oxygen atoms in total. The lowest BCUT2D eigenvalue weighted by molar-refractivity contribution is -0.122. The molecule has 0 spiro atoms. The van der Waals surface area contributed by atoms with E-state index in [1.807, 2.05) is 39.0 Å². The lowest BCUT2D eigenvalue weighted by Crippen LogP contribution is -2.32. The van der Waals surface area contributed by atoms with Gasteiger partial charge in [-0.25, -0.2) is 4.79 Å². The highest BCUT2D eigenvalue weighted by atomic mass is 16.5. The first-order chi connectivity index (χ1) is 11.9. The molecule has 0 bridgehead atoms. The van der Waals surface area contributed by atoms with Crippen LogP contribution in [0.5, 0.6) is 5.75 Å². The zero-order valence-electron chi connectivity index (χ0n) is 15.0. The van der Waals surface area contributed by atoms with Crippen molar-refractivity contribution in [2.75, 3.05) is 12.4 Å². The maximum absolute atomic E-state index is 12.5. The van der Waals surface area contributed by atoms with Crippen LogP contribution in [0.3, 0.4) is 0 Å². The molecule has 0 saturated carbocycles. The summed E-state index contributed by atoms with van der Waals surface area (Å²) in [5.41, 5.74) is 3.06. The molecule has 1 unspecified atom stereocenters. The van der Waals surface area contributed by atoms with Crippen molar-refractivity contribution in [3.8, 4) is 5.75 Å². The minimum Gasteiger partial charge on any atom is -0.481 e. The number of carbonyl (C=O) groups is 2. The fraction of sp³-hybridized carbons (Fsp3) is 0.300. The summed E-state index contributed by atoms with van der Waals surface area (Å²) in [6, 6.07) is 12.5. The highest BCUT2D eigenvalue weighted by Gasteiger charge is 2.19. The van der Waals surface area contributed by atoms with E-state index in [4.69, 9.17) is 4.74 Å². The predicted octanol–water partition coefficient (Wildman–Crippen LogP) is 3.89. The lowest BCUT2D eigenvalue weighted by Gasteiger charge is -2.18. The van der Waals surface area contributed by atoms with Crippen molar-refractivity contribution in [2.45, 2.75) is 33.3 Å².